The molecule has 250 valence electrons. The SMILES string of the molecule is C=Cc1ccc2c(c1)C(C)(C)c1cc(-c3ccc4c(c3)C(C)(C)c3cc(-c5ccc6c(c5)C(C)c5cc(CCC(=O)O)ccc5-6)ccc3-4)ccc1-2. The Bertz CT molecular complexity index is 2490. The lowest BCUT2D eigenvalue weighted by Crippen LogP contribution is -2.15. The lowest BCUT2D eigenvalue weighted by molar-refractivity contribution is -0.136. The lowest BCUT2D eigenvalue weighted by Gasteiger charge is -2.24. The Hall–Kier alpha value is -5.47. The number of aryl methyl sites for hydroxylation is 1. The number of fused-ring (bicyclic) bond motifs is 9. The van der Waals surface area contributed by atoms with E-state index in [1.165, 1.54) is 94.6 Å². The second-order valence-electron chi connectivity index (χ2n) is 15.9. The number of carbonyl (C=O) groups is 1. The zero-order chi connectivity index (χ0) is 35.4. The Labute approximate surface area is 301 Å². The zero-order valence-corrected chi connectivity index (χ0v) is 30.0. The normalized spacial score (nSPS) is 16.5. The summed E-state index contributed by atoms with van der Waals surface area (Å²) in [6.45, 7) is 15.7. The maximum Gasteiger partial charge on any atom is 0.303 e. The van der Waals surface area contributed by atoms with Gasteiger partial charge in [-0.15, -0.1) is 0 Å². The first-order valence-electron chi connectivity index (χ1n) is 18.2. The van der Waals surface area contributed by atoms with Crippen LogP contribution in [0.1, 0.15) is 91.5 Å². The van der Waals surface area contributed by atoms with Crippen LogP contribution in [0.3, 0.4) is 0 Å². The first-order valence-corrected chi connectivity index (χ1v) is 18.2. The van der Waals surface area contributed by atoms with Crippen molar-refractivity contribution in [3.8, 4) is 55.6 Å². The minimum atomic E-state index is -0.754. The highest BCUT2D eigenvalue weighted by molar-refractivity contribution is 5.89. The third-order valence-corrected chi connectivity index (χ3v) is 12.3. The molecule has 0 bridgehead atoms. The van der Waals surface area contributed by atoms with Crippen LogP contribution in [0.5, 0.6) is 0 Å². The van der Waals surface area contributed by atoms with E-state index in [4.69, 9.17) is 0 Å². The highest BCUT2D eigenvalue weighted by atomic mass is 16.4. The van der Waals surface area contributed by atoms with Crippen LogP contribution in [0.15, 0.2) is 116 Å². The summed E-state index contributed by atoms with van der Waals surface area (Å²) in [5.41, 5.74) is 23.0. The van der Waals surface area contributed by atoms with Crippen LogP contribution in [0.4, 0.5) is 0 Å². The van der Waals surface area contributed by atoms with Gasteiger partial charge in [-0.2, -0.15) is 0 Å². The molecule has 2 heteroatoms. The largest absolute Gasteiger partial charge is 0.481 e. The second kappa shape index (κ2) is 11.0. The van der Waals surface area contributed by atoms with E-state index >= 15 is 0 Å². The minimum Gasteiger partial charge on any atom is -0.481 e. The van der Waals surface area contributed by atoms with Crippen LogP contribution in [0, 0.1) is 0 Å². The summed E-state index contributed by atoms with van der Waals surface area (Å²) in [6.07, 6.45) is 2.65. The van der Waals surface area contributed by atoms with Crippen LogP contribution in [-0.4, -0.2) is 11.1 Å². The molecule has 51 heavy (non-hydrogen) atoms. The fraction of sp³-hybridized carbons (Fsp3) is 0.204. The highest BCUT2D eigenvalue weighted by Crippen LogP contribution is 2.53. The number of rotatable bonds is 6. The van der Waals surface area contributed by atoms with Crippen molar-refractivity contribution < 1.29 is 9.90 Å². The molecule has 3 aliphatic carbocycles. The predicted octanol–water partition coefficient (Wildman–Crippen LogP) is 12.4. The predicted molar refractivity (Wildman–Crippen MR) is 211 cm³/mol. The van der Waals surface area contributed by atoms with Gasteiger partial charge < -0.3 is 5.11 Å². The van der Waals surface area contributed by atoms with Gasteiger partial charge in [-0.05, 0) is 131 Å². The monoisotopic (exact) mass is 662 g/mol. The number of hydrogen-bond acceptors (Lipinski definition) is 1. The molecule has 1 atom stereocenters. The molecule has 0 aromatic heterocycles. The van der Waals surface area contributed by atoms with Crippen molar-refractivity contribution in [3.05, 3.63) is 160 Å². The quantitative estimate of drug-likeness (QED) is 0.193. The van der Waals surface area contributed by atoms with Gasteiger partial charge in [0.2, 0.25) is 0 Å². The van der Waals surface area contributed by atoms with Gasteiger partial charge in [0.05, 0.1) is 0 Å². The van der Waals surface area contributed by atoms with Gasteiger partial charge >= 0.3 is 5.97 Å². The van der Waals surface area contributed by atoms with E-state index in [1.54, 1.807) is 0 Å². The molecule has 3 aliphatic rings. The van der Waals surface area contributed by atoms with E-state index in [0.717, 1.165) is 5.56 Å². The fourth-order valence-corrected chi connectivity index (χ4v) is 9.29. The molecule has 0 saturated heterocycles. The summed E-state index contributed by atoms with van der Waals surface area (Å²) < 4.78 is 0. The number of carboxylic acids is 1. The van der Waals surface area contributed by atoms with Crippen LogP contribution in [0.2, 0.25) is 0 Å². The van der Waals surface area contributed by atoms with Crippen LogP contribution in [-0.2, 0) is 22.0 Å². The fourth-order valence-electron chi connectivity index (χ4n) is 9.29. The van der Waals surface area contributed by atoms with Gasteiger partial charge in [0.25, 0.3) is 0 Å². The maximum atomic E-state index is 11.2. The Morgan fingerprint density at radius 2 is 1.00 bits per heavy atom. The van der Waals surface area contributed by atoms with Crippen molar-refractivity contribution in [1.82, 2.24) is 0 Å². The van der Waals surface area contributed by atoms with Crippen LogP contribution < -0.4 is 0 Å². The van der Waals surface area contributed by atoms with Crippen molar-refractivity contribution in [2.24, 2.45) is 0 Å². The van der Waals surface area contributed by atoms with Crippen molar-refractivity contribution in [1.29, 1.82) is 0 Å². The standard InChI is InChI=1S/C49H42O2/c1-7-29-8-16-37-38-19-13-33(26-44(38)48(3,4)43(37)23-29)34-14-20-40-39-18-12-32(25-45(39)49(5,6)46(40)27-34)31-11-17-36-35-15-9-30(10-21-47(50)51)22-41(35)28(2)42(36)24-31/h7-9,11-20,22-28H,1,10,21H2,2-6H3,(H,50,51). The number of hydrogen-bond donors (Lipinski definition) is 1. The summed E-state index contributed by atoms with van der Waals surface area (Å²) >= 11 is 0. The summed E-state index contributed by atoms with van der Waals surface area (Å²) in [7, 11) is 0. The van der Waals surface area contributed by atoms with E-state index in [1.807, 2.05) is 6.08 Å². The van der Waals surface area contributed by atoms with Gasteiger partial charge in [0.1, 0.15) is 0 Å². The average Bonchev–Trinajstić information content (AvgIpc) is 3.64. The van der Waals surface area contributed by atoms with E-state index in [9.17, 15) is 9.90 Å². The number of carboxylic acid groups (broad SMARTS) is 1. The number of aliphatic carboxylic acids is 1. The molecular formula is C49H42O2. The van der Waals surface area contributed by atoms with Gasteiger partial charge in [-0.3, -0.25) is 4.79 Å². The third-order valence-electron chi connectivity index (χ3n) is 12.3. The molecule has 0 saturated carbocycles. The van der Waals surface area contributed by atoms with Gasteiger partial charge in [0, 0.05) is 23.2 Å². The molecule has 0 aliphatic heterocycles. The Morgan fingerprint density at radius 1 is 0.588 bits per heavy atom. The highest BCUT2D eigenvalue weighted by Gasteiger charge is 2.38. The Morgan fingerprint density at radius 3 is 1.49 bits per heavy atom. The molecule has 1 N–H and O–H groups in total. The molecule has 2 nitrogen and oxygen atoms in total. The molecule has 9 rings (SSSR count). The average molecular weight is 663 g/mol. The molecule has 0 fully saturated rings. The third kappa shape index (κ3) is 4.66. The lowest BCUT2D eigenvalue weighted by atomic mass is 9.79. The molecule has 0 spiro atoms. The van der Waals surface area contributed by atoms with Crippen LogP contribution >= 0.6 is 0 Å². The number of benzene rings is 6. The van der Waals surface area contributed by atoms with Crippen molar-refractivity contribution >= 4 is 12.0 Å². The summed E-state index contributed by atoms with van der Waals surface area (Å²) in [5, 5.41) is 9.18. The smallest absolute Gasteiger partial charge is 0.303 e. The van der Waals surface area contributed by atoms with E-state index in [0.29, 0.717) is 6.42 Å². The molecule has 6 aromatic carbocycles. The van der Waals surface area contributed by atoms with E-state index in [2.05, 4.69) is 150 Å². The summed E-state index contributed by atoms with van der Waals surface area (Å²) in [4.78, 5) is 11.2. The first kappa shape index (κ1) is 31.5. The topological polar surface area (TPSA) is 37.3 Å². The minimum absolute atomic E-state index is 0.0780. The molecule has 6 aromatic rings. The van der Waals surface area contributed by atoms with Crippen LogP contribution in [0.25, 0.3) is 61.7 Å². The molecule has 0 radical (unpaired) electrons. The molecule has 1 unspecified atom stereocenters. The Kier molecular flexibility index (Phi) is 6.80. The second-order valence-corrected chi connectivity index (χ2v) is 15.9. The van der Waals surface area contributed by atoms with Gasteiger partial charge in [-0.1, -0.05) is 132 Å². The molecule has 0 amide bonds. The van der Waals surface area contributed by atoms with Crippen molar-refractivity contribution in [2.75, 3.05) is 0 Å². The first-order chi connectivity index (χ1) is 24.4. The summed E-state index contributed by atoms with van der Waals surface area (Å²) in [5.74, 6) is -0.493. The van der Waals surface area contributed by atoms with E-state index < -0.39 is 5.97 Å². The van der Waals surface area contributed by atoms with Gasteiger partial charge in [0.15, 0.2) is 0 Å². The maximum absolute atomic E-state index is 11.2. The molecular weight excluding hydrogens is 621 g/mol. The summed E-state index contributed by atoms with van der Waals surface area (Å²) in [6, 6.07) is 41.3. The molecule has 0 heterocycles. The Balaban J connectivity index is 1.03. The van der Waals surface area contributed by atoms with Crippen molar-refractivity contribution in [2.45, 2.75) is 64.2 Å². The zero-order valence-electron chi connectivity index (χ0n) is 30.0. The van der Waals surface area contributed by atoms with E-state index in [-0.39, 0.29) is 23.2 Å². The van der Waals surface area contributed by atoms with Gasteiger partial charge in [-0.25, -0.2) is 0 Å². The van der Waals surface area contributed by atoms with Crippen molar-refractivity contribution in [3.63, 3.8) is 0 Å².